The van der Waals surface area contributed by atoms with Crippen molar-refractivity contribution in [1.82, 2.24) is 15.6 Å². The lowest BCUT2D eigenvalue weighted by molar-refractivity contribution is 0.293. The van der Waals surface area contributed by atoms with Gasteiger partial charge in [-0.1, -0.05) is 44.2 Å². The Labute approximate surface area is 144 Å². The Kier molecular flexibility index (Phi) is 7.08. The number of rotatable bonds is 7. The number of hydrogen-bond donors (Lipinski definition) is 2. The number of benzene rings is 1. The molecule has 0 atom stereocenters. The van der Waals surface area contributed by atoms with Crippen molar-refractivity contribution in [1.29, 1.82) is 0 Å². The van der Waals surface area contributed by atoms with Crippen molar-refractivity contribution in [2.24, 2.45) is 10.9 Å². The predicted molar refractivity (Wildman–Crippen MR) is 98.1 cm³/mol. The first-order valence-corrected chi connectivity index (χ1v) is 8.23. The summed E-state index contributed by atoms with van der Waals surface area (Å²) >= 11 is 0. The molecule has 128 valence electrons. The Morgan fingerprint density at radius 3 is 2.62 bits per heavy atom. The van der Waals surface area contributed by atoms with E-state index in [2.05, 4.69) is 34.5 Å². The molecule has 0 amide bonds. The number of pyridine rings is 1. The minimum Gasteiger partial charge on any atom is -0.473 e. The summed E-state index contributed by atoms with van der Waals surface area (Å²) in [6, 6.07) is 14.0. The average molecular weight is 326 g/mol. The fraction of sp³-hybridized carbons (Fsp3) is 0.368. The second-order valence-electron chi connectivity index (χ2n) is 5.98. The van der Waals surface area contributed by atoms with Gasteiger partial charge < -0.3 is 15.4 Å². The molecule has 0 fully saturated rings. The molecule has 0 aliphatic rings. The normalized spacial score (nSPS) is 11.4. The van der Waals surface area contributed by atoms with E-state index in [1.807, 2.05) is 42.5 Å². The van der Waals surface area contributed by atoms with Crippen LogP contribution in [0.2, 0.25) is 0 Å². The quantitative estimate of drug-likeness (QED) is 0.607. The van der Waals surface area contributed by atoms with E-state index in [1.165, 1.54) is 0 Å². The van der Waals surface area contributed by atoms with E-state index in [1.54, 1.807) is 13.2 Å². The van der Waals surface area contributed by atoms with Crippen LogP contribution >= 0.6 is 0 Å². The first-order valence-electron chi connectivity index (χ1n) is 8.23. The van der Waals surface area contributed by atoms with Crippen molar-refractivity contribution in [3.05, 3.63) is 59.8 Å². The fourth-order valence-corrected chi connectivity index (χ4v) is 2.08. The smallest absolute Gasteiger partial charge is 0.213 e. The molecule has 1 aromatic heterocycles. The zero-order valence-electron chi connectivity index (χ0n) is 14.6. The molecule has 0 aliphatic heterocycles. The van der Waals surface area contributed by atoms with E-state index in [-0.39, 0.29) is 0 Å². The van der Waals surface area contributed by atoms with Crippen LogP contribution < -0.4 is 15.4 Å². The summed E-state index contributed by atoms with van der Waals surface area (Å²) in [5.41, 5.74) is 2.22. The Morgan fingerprint density at radius 2 is 1.92 bits per heavy atom. The summed E-state index contributed by atoms with van der Waals surface area (Å²) in [6.45, 7) is 6.41. The van der Waals surface area contributed by atoms with Gasteiger partial charge in [0, 0.05) is 32.4 Å². The van der Waals surface area contributed by atoms with Crippen LogP contribution in [0.1, 0.15) is 25.0 Å². The van der Waals surface area contributed by atoms with Gasteiger partial charge in [0.05, 0.1) is 0 Å². The van der Waals surface area contributed by atoms with Crippen LogP contribution in [0.5, 0.6) is 5.88 Å². The van der Waals surface area contributed by atoms with Gasteiger partial charge in [0.1, 0.15) is 6.61 Å². The van der Waals surface area contributed by atoms with Crippen molar-refractivity contribution in [3.8, 4) is 5.88 Å². The standard InChI is InChI=1S/C19H26N4O/c1-15(2)12-22-19(20-3)23-13-17-9-10-21-18(11-17)24-14-16-7-5-4-6-8-16/h4-11,15H,12-14H2,1-3H3,(H2,20,22,23). The maximum Gasteiger partial charge on any atom is 0.213 e. The number of guanidine groups is 1. The Morgan fingerprint density at radius 1 is 1.12 bits per heavy atom. The van der Waals surface area contributed by atoms with Crippen LogP contribution in [0.15, 0.2) is 53.7 Å². The van der Waals surface area contributed by atoms with Gasteiger partial charge in [0.25, 0.3) is 0 Å². The fourth-order valence-electron chi connectivity index (χ4n) is 2.08. The maximum absolute atomic E-state index is 5.76. The third-order valence-corrected chi connectivity index (χ3v) is 3.39. The maximum atomic E-state index is 5.76. The van der Waals surface area contributed by atoms with Gasteiger partial charge in [-0.25, -0.2) is 4.98 Å². The summed E-state index contributed by atoms with van der Waals surface area (Å²) in [4.78, 5) is 8.49. The molecule has 5 nitrogen and oxygen atoms in total. The van der Waals surface area contributed by atoms with Crippen LogP contribution in [0, 0.1) is 5.92 Å². The lowest BCUT2D eigenvalue weighted by Crippen LogP contribution is -2.38. The summed E-state index contributed by atoms with van der Waals surface area (Å²) < 4.78 is 5.76. The molecule has 1 aromatic carbocycles. The molecular weight excluding hydrogens is 300 g/mol. The zero-order valence-corrected chi connectivity index (χ0v) is 14.6. The Bertz CT molecular complexity index is 641. The first-order chi connectivity index (χ1) is 11.7. The zero-order chi connectivity index (χ0) is 17.2. The summed E-state index contributed by atoms with van der Waals surface area (Å²) in [7, 11) is 1.77. The van der Waals surface area contributed by atoms with Crippen molar-refractivity contribution in [3.63, 3.8) is 0 Å². The van der Waals surface area contributed by atoms with E-state index >= 15 is 0 Å². The SMILES string of the molecule is CN=C(NCc1ccnc(OCc2ccccc2)c1)NCC(C)C. The van der Waals surface area contributed by atoms with Gasteiger partial charge in [-0.05, 0) is 23.1 Å². The summed E-state index contributed by atoms with van der Waals surface area (Å²) in [5.74, 6) is 2.00. The van der Waals surface area contributed by atoms with Crippen LogP contribution in [0.3, 0.4) is 0 Å². The van der Waals surface area contributed by atoms with E-state index in [4.69, 9.17) is 4.74 Å². The molecule has 0 bridgehead atoms. The highest BCUT2D eigenvalue weighted by atomic mass is 16.5. The van der Waals surface area contributed by atoms with Crippen LogP contribution in [0.4, 0.5) is 0 Å². The van der Waals surface area contributed by atoms with E-state index in [9.17, 15) is 0 Å². The summed E-state index contributed by atoms with van der Waals surface area (Å²) in [5, 5.41) is 6.59. The molecule has 1 heterocycles. The predicted octanol–water partition coefficient (Wildman–Crippen LogP) is 2.98. The third-order valence-electron chi connectivity index (χ3n) is 3.39. The highest BCUT2D eigenvalue weighted by molar-refractivity contribution is 5.79. The number of aliphatic imine (C=N–C) groups is 1. The molecule has 0 aliphatic carbocycles. The average Bonchev–Trinajstić information content (AvgIpc) is 2.61. The van der Waals surface area contributed by atoms with Gasteiger partial charge in [0.15, 0.2) is 5.96 Å². The molecule has 24 heavy (non-hydrogen) atoms. The van der Waals surface area contributed by atoms with Crippen molar-refractivity contribution in [2.75, 3.05) is 13.6 Å². The van der Waals surface area contributed by atoms with Gasteiger partial charge >= 0.3 is 0 Å². The molecule has 5 heteroatoms. The molecule has 2 aromatic rings. The van der Waals surface area contributed by atoms with Crippen molar-refractivity contribution >= 4 is 5.96 Å². The molecule has 2 rings (SSSR count). The third kappa shape index (κ3) is 6.28. The number of aromatic nitrogens is 1. The minimum atomic E-state index is 0.516. The van der Waals surface area contributed by atoms with Crippen LogP contribution in [0.25, 0.3) is 0 Å². The van der Waals surface area contributed by atoms with Gasteiger partial charge in [0.2, 0.25) is 5.88 Å². The second-order valence-corrected chi connectivity index (χ2v) is 5.98. The topological polar surface area (TPSA) is 58.5 Å². The van der Waals surface area contributed by atoms with Crippen LogP contribution in [-0.2, 0) is 13.2 Å². The largest absolute Gasteiger partial charge is 0.473 e. The van der Waals surface area contributed by atoms with E-state index < -0.39 is 0 Å². The van der Waals surface area contributed by atoms with Crippen LogP contribution in [-0.4, -0.2) is 24.5 Å². The molecule has 2 N–H and O–H groups in total. The number of nitrogens with zero attached hydrogens (tertiary/aromatic N) is 2. The molecule has 0 radical (unpaired) electrons. The highest BCUT2D eigenvalue weighted by Crippen LogP contribution is 2.11. The molecular formula is C19H26N4O. The highest BCUT2D eigenvalue weighted by Gasteiger charge is 2.02. The van der Waals surface area contributed by atoms with Crippen molar-refractivity contribution < 1.29 is 4.74 Å². The number of nitrogens with one attached hydrogen (secondary N) is 2. The molecule has 0 saturated heterocycles. The second kappa shape index (κ2) is 9.55. The minimum absolute atomic E-state index is 0.516. The van der Waals surface area contributed by atoms with E-state index in [0.717, 1.165) is 23.6 Å². The monoisotopic (exact) mass is 326 g/mol. The van der Waals surface area contributed by atoms with Gasteiger partial charge in [-0.2, -0.15) is 0 Å². The Hall–Kier alpha value is -2.56. The Balaban J connectivity index is 1.85. The number of ether oxygens (including phenoxy) is 1. The van der Waals surface area contributed by atoms with Gasteiger partial charge in [-0.3, -0.25) is 4.99 Å². The van der Waals surface area contributed by atoms with E-state index in [0.29, 0.717) is 24.9 Å². The molecule has 0 spiro atoms. The van der Waals surface area contributed by atoms with Gasteiger partial charge in [-0.15, -0.1) is 0 Å². The van der Waals surface area contributed by atoms with Crippen molar-refractivity contribution in [2.45, 2.75) is 27.0 Å². The summed E-state index contributed by atoms with van der Waals surface area (Å²) in [6.07, 6.45) is 1.77. The molecule has 0 saturated carbocycles. The first kappa shape index (κ1) is 17.8. The lowest BCUT2D eigenvalue weighted by atomic mass is 10.2. The number of hydrogen-bond acceptors (Lipinski definition) is 3. The molecule has 0 unspecified atom stereocenters. The lowest BCUT2D eigenvalue weighted by Gasteiger charge is -2.13.